The van der Waals surface area contributed by atoms with Crippen LogP contribution in [0.15, 0.2) is 29.5 Å². The topological polar surface area (TPSA) is 63.6 Å². The highest BCUT2D eigenvalue weighted by atomic mass is 16.5. The summed E-state index contributed by atoms with van der Waals surface area (Å²) >= 11 is 0. The molecular weight excluding hydrogens is 182 g/mol. The summed E-state index contributed by atoms with van der Waals surface area (Å²) < 4.78 is 4.62. The van der Waals surface area contributed by atoms with Crippen LogP contribution in [0.2, 0.25) is 0 Å². The van der Waals surface area contributed by atoms with Crippen molar-refractivity contribution < 1.29 is 9.53 Å². The molecule has 0 aliphatic rings. The molecule has 0 saturated carbocycles. The van der Waals surface area contributed by atoms with Crippen LogP contribution in [0.4, 0.5) is 10.5 Å². The molecule has 1 heterocycles. The van der Waals surface area contributed by atoms with Gasteiger partial charge in [0.25, 0.3) is 0 Å². The maximum absolute atomic E-state index is 10.8. The molecule has 14 heavy (non-hydrogen) atoms. The highest BCUT2D eigenvalue weighted by Crippen LogP contribution is 2.05. The second-order valence-electron chi connectivity index (χ2n) is 2.33. The van der Waals surface area contributed by atoms with Gasteiger partial charge in [0.2, 0.25) is 0 Å². The van der Waals surface area contributed by atoms with Gasteiger partial charge in [0.1, 0.15) is 0 Å². The first-order valence-electron chi connectivity index (χ1n) is 4.18. The second-order valence-corrected chi connectivity index (χ2v) is 2.33. The van der Waals surface area contributed by atoms with Crippen LogP contribution in [-0.4, -0.2) is 24.0 Å². The summed E-state index contributed by atoms with van der Waals surface area (Å²) in [4.78, 5) is 18.6. The Bertz CT molecular complexity index is 311. The van der Waals surface area contributed by atoms with E-state index in [-0.39, 0.29) is 0 Å². The van der Waals surface area contributed by atoms with Crippen molar-refractivity contribution in [3.05, 3.63) is 24.5 Å². The number of alkyl carbamates (subject to hydrolysis) is 1. The lowest BCUT2D eigenvalue weighted by Crippen LogP contribution is -2.22. The van der Waals surface area contributed by atoms with E-state index in [2.05, 4.69) is 20.0 Å². The van der Waals surface area contributed by atoms with Crippen LogP contribution in [0.5, 0.6) is 0 Å². The van der Waals surface area contributed by atoms with E-state index in [1.165, 1.54) is 6.34 Å². The SMILES string of the molecule is CCOC(=O)NC=Nc1cccnc1. The first-order chi connectivity index (χ1) is 6.83. The van der Waals surface area contributed by atoms with Crippen LogP contribution >= 0.6 is 0 Å². The fourth-order valence-corrected chi connectivity index (χ4v) is 0.762. The van der Waals surface area contributed by atoms with E-state index in [0.29, 0.717) is 12.3 Å². The van der Waals surface area contributed by atoms with Crippen LogP contribution in [-0.2, 0) is 4.74 Å². The normalized spacial score (nSPS) is 10.1. The summed E-state index contributed by atoms with van der Waals surface area (Å²) in [7, 11) is 0. The molecule has 0 aliphatic carbocycles. The first-order valence-corrected chi connectivity index (χ1v) is 4.18. The minimum Gasteiger partial charge on any atom is -0.450 e. The standard InChI is InChI=1S/C9H11N3O2/c1-2-14-9(13)12-7-11-8-4-3-5-10-6-8/h3-7H,2H2,1H3,(H,11,12,13). The molecule has 1 aromatic heterocycles. The van der Waals surface area contributed by atoms with Crippen LogP contribution in [0, 0.1) is 0 Å². The monoisotopic (exact) mass is 193 g/mol. The van der Waals surface area contributed by atoms with Crippen LogP contribution in [0.3, 0.4) is 0 Å². The number of aromatic nitrogens is 1. The third-order valence-corrected chi connectivity index (χ3v) is 1.32. The summed E-state index contributed by atoms with van der Waals surface area (Å²) in [5.41, 5.74) is 0.671. The Hall–Kier alpha value is -1.91. The maximum atomic E-state index is 10.8. The van der Waals surface area contributed by atoms with Crippen molar-refractivity contribution in [2.45, 2.75) is 6.92 Å². The molecule has 1 rings (SSSR count). The van der Waals surface area contributed by atoms with E-state index in [4.69, 9.17) is 0 Å². The number of carbonyl (C=O) groups excluding carboxylic acids is 1. The van der Waals surface area contributed by atoms with Gasteiger partial charge >= 0.3 is 6.09 Å². The third kappa shape index (κ3) is 3.66. The van der Waals surface area contributed by atoms with Crippen molar-refractivity contribution in [3.8, 4) is 0 Å². The summed E-state index contributed by atoms with van der Waals surface area (Å²) in [6, 6.07) is 3.54. The van der Waals surface area contributed by atoms with Crippen molar-refractivity contribution >= 4 is 18.1 Å². The van der Waals surface area contributed by atoms with Gasteiger partial charge in [0, 0.05) is 6.20 Å². The Morgan fingerprint density at radius 1 is 1.79 bits per heavy atom. The number of amides is 1. The van der Waals surface area contributed by atoms with Crippen LogP contribution in [0.25, 0.3) is 0 Å². The van der Waals surface area contributed by atoms with Crippen molar-refractivity contribution in [1.82, 2.24) is 10.3 Å². The van der Waals surface area contributed by atoms with Gasteiger partial charge in [-0.05, 0) is 19.1 Å². The molecule has 74 valence electrons. The molecule has 5 heteroatoms. The molecule has 0 aliphatic heterocycles. The molecule has 1 aromatic rings. The third-order valence-electron chi connectivity index (χ3n) is 1.32. The quantitative estimate of drug-likeness (QED) is 0.584. The minimum absolute atomic E-state index is 0.340. The Morgan fingerprint density at radius 3 is 3.29 bits per heavy atom. The molecule has 0 bridgehead atoms. The number of ether oxygens (including phenoxy) is 1. The van der Waals surface area contributed by atoms with Crippen molar-refractivity contribution in [2.75, 3.05) is 6.61 Å². The van der Waals surface area contributed by atoms with E-state index in [0.717, 1.165) is 0 Å². The molecule has 1 N–H and O–H groups in total. The molecule has 0 radical (unpaired) electrons. The van der Waals surface area contributed by atoms with Gasteiger partial charge in [0.05, 0.1) is 24.8 Å². The number of hydrogen-bond donors (Lipinski definition) is 1. The van der Waals surface area contributed by atoms with Gasteiger partial charge in [-0.15, -0.1) is 0 Å². The average Bonchev–Trinajstić information content (AvgIpc) is 2.20. The average molecular weight is 193 g/mol. The lowest BCUT2D eigenvalue weighted by molar-refractivity contribution is 0.158. The van der Waals surface area contributed by atoms with Gasteiger partial charge in [0.15, 0.2) is 0 Å². The maximum Gasteiger partial charge on any atom is 0.412 e. The Balaban J connectivity index is 2.38. The predicted octanol–water partition coefficient (Wildman–Crippen LogP) is 1.49. The number of aliphatic imine (C=N–C) groups is 1. The molecule has 0 aromatic carbocycles. The molecule has 0 atom stereocenters. The van der Waals surface area contributed by atoms with Gasteiger partial charge < -0.3 is 4.74 Å². The lowest BCUT2D eigenvalue weighted by Gasteiger charge is -1.98. The predicted molar refractivity (Wildman–Crippen MR) is 52.5 cm³/mol. The van der Waals surface area contributed by atoms with Crippen LogP contribution < -0.4 is 5.32 Å². The number of pyridine rings is 1. The summed E-state index contributed by atoms with van der Waals surface area (Å²) in [5.74, 6) is 0. The number of carbonyl (C=O) groups is 1. The fourth-order valence-electron chi connectivity index (χ4n) is 0.762. The van der Waals surface area contributed by atoms with Crippen LogP contribution in [0.1, 0.15) is 6.92 Å². The van der Waals surface area contributed by atoms with E-state index in [1.54, 1.807) is 31.5 Å². The molecule has 0 unspecified atom stereocenters. The Labute approximate surface area is 81.8 Å². The first kappa shape index (κ1) is 10.2. The number of nitrogens with one attached hydrogen (secondary N) is 1. The zero-order chi connectivity index (χ0) is 10.2. The number of rotatable bonds is 3. The number of hydrogen-bond acceptors (Lipinski definition) is 4. The highest BCUT2D eigenvalue weighted by Gasteiger charge is 1.94. The number of nitrogens with zero attached hydrogens (tertiary/aromatic N) is 2. The summed E-state index contributed by atoms with van der Waals surface area (Å²) in [6.45, 7) is 2.07. The smallest absolute Gasteiger partial charge is 0.412 e. The zero-order valence-corrected chi connectivity index (χ0v) is 7.80. The molecule has 0 saturated heterocycles. The van der Waals surface area contributed by atoms with Gasteiger partial charge in [-0.1, -0.05) is 0 Å². The minimum atomic E-state index is -0.514. The van der Waals surface area contributed by atoms with Gasteiger partial charge in [-0.2, -0.15) is 0 Å². The second kappa shape index (κ2) is 5.69. The largest absolute Gasteiger partial charge is 0.450 e. The molecule has 1 amide bonds. The summed E-state index contributed by atoms with van der Waals surface area (Å²) in [6.07, 6.45) is 4.00. The van der Waals surface area contributed by atoms with E-state index in [9.17, 15) is 4.79 Å². The molecule has 0 spiro atoms. The molecule has 5 nitrogen and oxygen atoms in total. The van der Waals surface area contributed by atoms with E-state index >= 15 is 0 Å². The lowest BCUT2D eigenvalue weighted by atomic mass is 10.4. The van der Waals surface area contributed by atoms with Gasteiger partial charge in [-0.25, -0.2) is 9.79 Å². The van der Waals surface area contributed by atoms with E-state index in [1.807, 2.05) is 0 Å². The molecule has 0 fully saturated rings. The zero-order valence-electron chi connectivity index (χ0n) is 7.80. The summed E-state index contributed by atoms with van der Waals surface area (Å²) in [5, 5.41) is 2.35. The highest BCUT2D eigenvalue weighted by molar-refractivity contribution is 5.82. The fraction of sp³-hybridized carbons (Fsp3) is 0.222. The van der Waals surface area contributed by atoms with Crippen molar-refractivity contribution in [3.63, 3.8) is 0 Å². The van der Waals surface area contributed by atoms with Crippen molar-refractivity contribution in [2.24, 2.45) is 4.99 Å². The molecular formula is C9H11N3O2. The van der Waals surface area contributed by atoms with E-state index < -0.39 is 6.09 Å². The Morgan fingerprint density at radius 2 is 2.64 bits per heavy atom. The van der Waals surface area contributed by atoms with Crippen molar-refractivity contribution in [1.29, 1.82) is 0 Å². The van der Waals surface area contributed by atoms with Gasteiger partial charge in [-0.3, -0.25) is 10.3 Å². The Kier molecular flexibility index (Phi) is 4.13.